The zero-order chi connectivity index (χ0) is 25.8. The van der Waals surface area contributed by atoms with Crippen molar-refractivity contribution in [1.82, 2.24) is 8.61 Å². The van der Waals surface area contributed by atoms with E-state index in [1.807, 2.05) is 0 Å². The maximum absolute atomic E-state index is 13.7. The predicted molar refractivity (Wildman–Crippen MR) is 138 cm³/mol. The molecule has 0 spiro atoms. The summed E-state index contributed by atoms with van der Waals surface area (Å²) in [4.78, 5) is 0.0334. The van der Waals surface area contributed by atoms with Crippen LogP contribution in [0.25, 0.3) is 0 Å². The molecule has 192 valence electrons. The van der Waals surface area contributed by atoms with Gasteiger partial charge in [-0.25, -0.2) is 21.2 Å². The van der Waals surface area contributed by atoms with Crippen LogP contribution in [0.5, 0.6) is 0 Å². The molecule has 10 heteroatoms. The summed E-state index contributed by atoms with van der Waals surface area (Å²) in [7, 11) is -7.75. The molecule has 0 amide bonds. The van der Waals surface area contributed by atoms with E-state index in [-0.39, 0.29) is 22.9 Å². The smallest absolute Gasteiger partial charge is 0.207 e. The number of halogens is 2. The quantitative estimate of drug-likeness (QED) is 0.374. The van der Waals surface area contributed by atoms with Gasteiger partial charge in [-0.2, -0.15) is 8.61 Å². The minimum Gasteiger partial charge on any atom is -0.207 e. The molecule has 0 bridgehead atoms. The molecule has 0 saturated carbocycles. The van der Waals surface area contributed by atoms with E-state index in [0.717, 1.165) is 25.7 Å². The van der Waals surface area contributed by atoms with Crippen molar-refractivity contribution >= 4 is 31.6 Å². The van der Waals surface area contributed by atoms with Crippen LogP contribution in [-0.4, -0.2) is 38.5 Å². The van der Waals surface area contributed by atoms with Crippen LogP contribution in [0.1, 0.15) is 36.8 Å². The molecule has 1 aliphatic heterocycles. The number of sulfonamides is 2. The molecule has 0 aromatic heterocycles. The van der Waals surface area contributed by atoms with Gasteiger partial charge in [0, 0.05) is 31.2 Å². The van der Waals surface area contributed by atoms with E-state index < -0.39 is 25.9 Å². The normalized spacial score (nSPS) is 15.6. The van der Waals surface area contributed by atoms with Crippen molar-refractivity contribution in [3.8, 4) is 0 Å². The molecular formula is C26H28ClFN2O4S2. The average Bonchev–Trinajstić information content (AvgIpc) is 3.17. The summed E-state index contributed by atoms with van der Waals surface area (Å²) in [6.45, 7) is 0.909. The van der Waals surface area contributed by atoms with Crippen molar-refractivity contribution in [1.29, 1.82) is 0 Å². The van der Waals surface area contributed by atoms with Crippen molar-refractivity contribution < 1.29 is 21.2 Å². The van der Waals surface area contributed by atoms with Crippen LogP contribution in [0, 0.1) is 5.82 Å². The summed E-state index contributed by atoms with van der Waals surface area (Å²) >= 11 is 6.30. The molecule has 3 aromatic rings. The summed E-state index contributed by atoms with van der Waals surface area (Å²) in [6, 6.07) is 17.9. The lowest BCUT2D eigenvalue weighted by molar-refractivity contribution is 0.401. The lowest BCUT2D eigenvalue weighted by Crippen LogP contribution is -2.32. The number of benzene rings is 3. The average molecular weight is 551 g/mol. The van der Waals surface area contributed by atoms with Gasteiger partial charge in [-0.1, -0.05) is 54.8 Å². The van der Waals surface area contributed by atoms with Gasteiger partial charge in [0.05, 0.1) is 9.79 Å². The first-order valence-corrected chi connectivity index (χ1v) is 15.0. The third kappa shape index (κ3) is 6.15. The fourth-order valence-corrected chi connectivity index (χ4v) is 7.32. The summed E-state index contributed by atoms with van der Waals surface area (Å²) < 4.78 is 69.7. The Kier molecular flexibility index (Phi) is 8.47. The van der Waals surface area contributed by atoms with Crippen molar-refractivity contribution in [3.05, 3.63) is 94.8 Å². The van der Waals surface area contributed by atoms with Crippen LogP contribution in [0.3, 0.4) is 0 Å². The second-order valence-corrected chi connectivity index (χ2v) is 13.1. The number of rotatable bonds is 8. The van der Waals surface area contributed by atoms with Gasteiger partial charge >= 0.3 is 0 Å². The Balaban J connectivity index is 1.64. The molecule has 0 N–H and O–H groups in total. The van der Waals surface area contributed by atoms with Gasteiger partial charge in [0.1, 0.15) is 5.82 Å². The lowest BCUT2D eigenvalue weighted by atomic mass is 10.2. The second kappa shape index (κ2) is 11.4. The molecule has 3 aromatic carbocycles. The van der Waals surface area contributed by atoms with Crippen molar-refractivity contribution in [2.45, 2.75) is 48.6 Å². The molecule has 36 heavy (non-hydrogen) atoms. The van der Waals surface area contributed by atoms with Crippen LogP contribution in [-0.2, 0) is 33.1 Å². The largest absolute Gasteiger partial charge is 0.243 e. The summed E-state index contributed by atoms with van der Waals surface area (Å²) in [5, 5.41) is 0.427. The lowest BCUT2D eigenvalue weighted by Gasteiger charge is -2.24. The van der Waals surface area contributed by atoms with E-state index >= 15 is 0 Å². The fraction of sp³-hybridized carbons (Fsp3) is 0.308. The Labute approximate surface area is 217 Å². The second-order valence-electron chi connectivity index (χ2n) is 8.78. The Hall–Kier alpha value is -2.30. The first-order chi connectivity index (χ1) is 17.2. The summed E-state index contributed by atoms with van der Waals surface area (Å²) in [5.41, 5.74) is 1.22. The van der Waals surface area contributed by atoms with Gasteiger partial charge in [0.25, 0.3) is 0 Å². The van der Waals surface area contributed by atoms with Gasteiger partial charge in [-0.3, -0.25) is 0 Å². The SMILES string of the molecule is O=S(=O)(c1ccc(S(=O)(=O)N(Cc2ccc(F)cc2)Cc2ccccc2Cl)cc1)N1CCCCCC1. The van der Waals surface area contributed by atoms with E-state index in [4.69, 9.17) is 11.6 Å². The van der Waals surface area contributed by atoms with Crippen LogP contribution >= 0.6 is 11.6 Å². The Bertz CT molecular complexity index is 1390. The summed E-state index contributed by atoms with van der Waals surface area (Å²) in [6.07, 6.45) is 3.62. The van der Waals surface area contributed by atoms with Crippen molar-refractivity contribution in [2.24, 2.45) is 0 Å². The minimum atomic E-state index is -4.04. The zero-order valence-corrected chi connectivity index (χ0v) is 22.1. The topological polar surface area (TPSA) is 74.8 Å². The van der Waals surface area contributed by atoms with Crippen molar-refractivity contribution in [3.63, 3.8) is 0 Å². The third-order valence-corrected chi connectivity index (χ3v) is 10.3. The van der Waals surface area contributed by atoms with Gasteiger partial charge in [-0.15, -0.1) is 0 Å². The standard InChI is InChI=1S/C26H28ClFN2O4S2/c27-26-8-4-3-7-22(26)20-30(19-21-9-11-23(28)12-10-21)36(33,34)25-15-13-24(14-16-25)35(31,32)29-17-5-1-2-6-18-29/h3-4,7-16H,1-2,5-6,17-20H2. The third-order valence-electron chi connectivity index (χ3n) is 6.24. The molecule has 0 radical (unpaired) electrons. The van der Waals surface area contributed by atoms with Crippen molar-refractivity contribution in [2.75, 3.05) is 13.1 Å². The Morgan fingerprint density at radius 1 is 0.750 bits per heavy atom. The monoisotopic (exact) mass is 550 g/mol. The molecule has 1 fully saturated rings. The highest BCUT2D eigenvalue weighted by Crippen LogP contribution is 2.27. The predicted octanol–water partition coefficient (Wildman–Crippen LogP) is 5.43. The van der Waals surface area contributed by atoms with E-state index in [1.165, 1.54) is 57.1 Å². The molecular weight excluding hydrogens is 523 g/mol. The van der Waals surface area contributed by atoms with Crippen LogP contribution in [0.15, 0.2) is 82.6 Å². The van der Waals surface area contributed by atoms with Gasteiger partial charge in [0.15, 0.2) is 0 Å². The maximum Gasteiger partial charge on any atom is 0.243 e. The first kappa shape index (κ1) is 26.8. The van der Waals surface area contributed by atoms with E-state index in [9.17, 15) is 21.2 Å². The number of hydrogen-bond donors (Lipinski definition) is 0. The van der Waals surface area contributed by atoms with Crippen LogP contribution in [0.2, 0.25) is 5.02 Å². The molecule has 4 rings (SSSR count). The maximum atomic E-state index is 13.7. The molecule has 6 nitrogen and oxygen atoms in total. The van der Waals surface area contributed by atoms with Gasteiger partial charge in [0.2, 0.25) is 20.0 Å². The first-order valence-electron chi connectivity index (χ1n) is 11.8. The molecule has 0 atom stereocenters. The Morgan fingerprint density at radius 3 is 1.94 bits per heavy atom. The highest BCUT2D eigenvalue weighted by Gasteiger charge is 2.28. The number of hydrogen-bond acceptors (Lipinski definition) is 4. The zero-order valence-electron chi connectivity index (χ0n) is 19.7. The highest BCUT2D eigenvalue weighted by atomic mass is 35.5. The summed E-state index contributed by atoms with van der Waals surface area (Å²) in [5.74, 6) is -0.416. The minimum absolute atomic E-state index is 0.00674. The Morgan fingerprint density at radius 2 is 1.33 bits per heavy atom. The van der Waals surface area contributed by atoms with Gasteiger partial charge < -0.3 is 0 Å². The number of nitrogens with zero attached hydrogens (tertiary/aromatic N) is 2. The molecule has 1 saturated heterocycles. The highest BCUT2D eigenvalue weighted by molar-refractivity contribution is 7.89. The molecule has 0 unspecified atom stereocenters. The molecule has 0 aliphatic carbocycles. The van der Waals surface area contributed by atoms with E-state index in [1.54, 1.807) is 24.3 Å². The fourth-order valence-electron chi connectivity index (χ4n) is 4.20. The van der Waals surface area contributed by atoms with E-state index in [2.05, 4.69) is 0 Å². The van der Waals surface area contributed by atoms with Gasteiger partial charge in [-0.05, 0) is 66.4 Å². The molecule has 1 heterocycles. The van der Waals surface area contributed by atoms with Crippen LogP contribution in [0.4, 0.5) is 4.39 Å². The molecule has 1 aliphatic rings. The van der Waals surface area contributed by atoms with Crippen LogP contribution < -0.4 is 0 Å². The van der Waals surface area contributed by atoms with E-state index in [0.29, 0.717) is 29.2 Å².